The number of hydrogen-bond donors (Lipinski definition) is 0. The summed E-state index contributed by atoms with van der Waals surface area (Å²) in [6.45, 7) is 5.06. The van der Waals surface area contributed by atoms with Crippen LogP contribution in [-0.4, -0.2) is 18.5 Å². The Morgan fingerprint density at radius 1 is 1.38 bits per heavy atom. The van der Waals surface area contributed by atoms with Crippen molar-refractivity contribution in [2.45, 2.75) is 26.3 Å². The van der Waals surface area contributed by atoms with Gasteiger partial charge in [0, 0.05) is 11.4 Å². The normalized spacial score (nSPS) is 19.8. The Bertz CT molecular complexity index is 383. The molecule has 1 unspecified atom stereocenters. The molecule has 0 radical (unpaired) electrons. The maximum atomic E-state index is 5.83. The Labute approximate surface area is 101 Å². The van der Waals surface area contributed by atoms with Gasteiger partial charge in [0.1, 0.15) is 6.61 Å². The van der Waals surface area contributed by atoms with Crippen molar-refractivity contribution in [3.05, 3.63) is 34.9 Å². The number of benzene rings is 1. The van der Waals surface area contributed by atoms with E-state index in [9.17, 15) is 0 Å². The Kier molecular flexibility index (Phi) is 3.49. The van der Waals surface area contributed by atoms with Crippen molar-refractivity contribution in [2.75, 3.05) is 6.61 Å². The first kappa shape index (κ1) is 11.5. The van der Waals surface area contributed by atoms with E-state index in [1.54, 1.807) is 0 Å². The molecular formula is C13H16ClNO. The zero-order chi connectivity index (χ0) is 11.5. The van der Waals surface area contributed by atoms with E-state index in [1.807, 2.05) is 24.3 Å². The van der Waals surface area contributed by atoms with Gasteiger partial charge in [0.05, 0.1) is 6.04 Å². The third kappa shape index (κ3) is 2.76. The zero-order valence-electron chi connectivity index (χ0n) is 9.61. The fourth-order valence-corrected chi connectivity index (χ4v) is 1.78. The molecule has 2 nitrogen and oxygen atoms in total. The summed E-state index contributed by atoms with van der Waals surface area (Å²) in [5.41, 5.74) is 1.19. The molecule has 0 saturated carbocycles. The fourth-order valence-electron chi connectivity index (χ4n) is 1.66. The molecule has 1 aromatic rings. The molecule has 3 heteroatoms. The molecule has 0 N–H and O–H groups in total. The molecule has 1 heterocycles. The van der Waals surface area contributed by atoms with Gasteiger partial charge in [-0.1, -0.05) is 37.6 Å². The average molecular weight is 238 g/mol. The van der Waals surface area contributed by atoms with Gasteiger partial charge in [-0.25, -0.2) is 4.99 Å². The second kappa shape index (κ2) is 4.88. The zero-order valence-corrected chi connectivity index (χ0v) is 10.4. The molecule has 1 aromatic carbocycles. The quantitative estimate of drug-likeness (QED) is 0.790. The second-order valence-electron chi connectivity index (χ2n) is 4.45. The summed E-state index contributed by atoms with van der Waals surface area (Å²) in [4.78, 5) is 4.57. The number of nitrogens with zero attached hydrogens (tertiary/aromatic N) is 1. The van der Waals surface area contributed by atoms with Crippen LogP contribution in [0.4, 0.5) is 0 Å². The summed E-state index contributed by atoms with van der Waals surface area (Å²) in [5, 5.41) is 0.762. The van der Waals surface area contributed by atoms with E-state index in [-0.39, 0.29) is 0 Å². The predicted octanol–water partition coefficient (Wildman–Crippen LogP) is 3.34. The van der Waals surface area contributed by atoms with Gasteiger partial charge in [0.15, 0.2) is 5.90 Å². The number of rotatable bonds is 3. The van der Waals surface area contributed by atoms with E-state index >= 15 is 0 Å². The highest BCUT2D eigenvalue weighted by Gasteiger charge is 2.21. The summed E-state index contributed by atoms with van der Waals surface area (Å²) in [7, 11) is 0. The van der Waals surface area contributed by atoms with Gasteiger partial charge in [-0.15, -0.1) is 0 Å². The molecule has 1 atom stereocenters. The van der Waals surface area contributed by atoms with Gasteiger partial charge in [0.2, 0.25) is 0 Å². The van der Waals surface area contributed by atoms with Crippen LogP contribution in [-0.2, 0) is 11.2 Å². The highest BCUT2D eigenvalue weighted by Crippen LogP contribution is 2.17. The van der Waals surface area contributed by atoms with Crippen LogP contribution in [0.25, 0.3) is 0 Å². The molecule has 0 amide bonds. The second-order valence-corrected chi connectivity index (χ2v) is 4.88. The smallest absolute Gasteiger partial charge is 0.188 e. The van der Waals surface area contributed by atoms with Gasteiger partial charge in [0.25, 0.3) is 0 Å². The van der Waals surface area contributed by atoms with Crippen LogP contribution in [0.3, 0.4) is 0 Å². The highest BCUT2D eigenvalue weighted by molar-refractivity contribution is 6.30. The van der Waals surface area contributed by atoms with Crippen molar-refractivity contribution in [3.8, 4) is 0 Å². The van der Waals surface area contributed by atoms with E-state index in [0.29, 0.717) is 12.0 Å². The van der Waals surface area contributed by atoms with Crippen LogP contribution in [0.2, 0.25) is 5.02 Å². The van der Waals surface area contributed by atoms with Crippen molar-refractivity contribution in [2.24, 2.45) is 10.9 Å². The van der Waals surface area contributed by atoms with Crippen LogP contribution in [0.1, 0.15) is 19.4 Å². The number of ether oxygens (including phenoxy) is 1. The van der Waals surface area contributed by atoms with Crippen LogP contribution < -0.4 is 0 Å². The summed E-state index contributed by atoms with van der Waals surface area (Å²) in [6, 6.07) is 8.13. The first-order valence-electron chi connectivity index (χ1n) is 5.59. The molecule has 0 saturated heterocycles. The van der Waals surface area contributed by atoms with Crippen LogP contribution in [0, 0.1) is 5.92 Å². The van der Waals surface area contributed by atoms with Crippen molar-refractivity contribution in [1.82, 2.24) is 0 Å². The molecule has 0 spiro atoms. The molecule has 0 fully saturated rings. The van der Waals surface area contributed by atoms with E-state index < -0.39 is 0 Å². The standard InChI is InChI=1S/C13H16ClNO/c1-9(2)12-8-16-13(15-12)7-10-3-5-11(14)6-4-10/h3-6,9,12H,7-8H2,1-2H3. The third-order valence-electron chi connectivity index (χ3n) is 2.77. The SMILES string of the molecule is CC(C)C1COC(Cc2ccc(Cl)cc2)=N1. The van der Waals surface area contributed by atoms with Crippen molar-refractivity contribution >= 4 is 17.5 Å². The highest BCUT2D eigenvalue weighted by atomic mass is 35.5. The van der Waals surface area contributed by atoms with Crippen LogP contribution in [0.5, 0.6) is 0 Å². The summed E-state index contributed by atoms with van der Waals surface area (Å²) in [6.07, 6.45) is 0.764. The molecule has 1 aliphatic rings. The van der Waals surface area contributed by atoms with Crippen LogP contribution >= 0.6 is 11.6 Å². The number of hydrogen-bond acceptors (Lipinski definition) is 2. The van der Waals surface area contributed by atoms with Gasteiger partial charge >= 0.3 is 0 Å². The molecule has 2 rings (SSSR count). The Balaban J connectivity index is 2.01. The molecule has 0 aliphatic carbocycles. The molecule has 16 heavy (non-hydrogen) atoms. The Morgan fingerprint density at radius 3 is 2.62 bits per heavy atom. The van der Waals surface area contributed by atoms with E-state index in [4.69, 9.17) is 16.3 Å². The van der Waals surface area contributed by atoms with Gasteiger partial charge in [-0.05, 0) is 23.6 Å². The lowest BCUT2D eigenvalue weighted by molar-refractivity contribution is 0.287. The fraction of sp³-hybridized carbons (Fsp3) is 0.462. The third-order valence-corrected chi connectivity index (χ3v) is 3.02. The lowest BCUT2D eigenvalue weighted by atomic mass is 10.1. The van der Waals surface area contributed by atoms with Crippen molar-refractivity contribution in [3.63, 3.8) is 0 Å². The largest absolute Gasteiger partial charge is 0.478 e. The predicted molar refractivity (Wildman–Crippen MR) is 67.2 cm³/mol. The first-order chi connectivity index (χ1) is 7.65. The van der Waals surface area contributed by atoms with Gasteiger partial charge in [-0.3, -0.25) is 0 Å². The van der Waals surface area contributed by atoms with Crippen LogP contribution in [0.15, 0.2) is 29.3 Å². The monoisotopic (exact) mass is 237 g/mol. The maximum Gasteiger partial charge on any atom is 0.188 e. The van der Waals surface area contributed by atoms with Gasteiger partial charge < -0.3 is 4.74 Å². The Hall–Kier alpha value is -1.02. The van der Waals surface area contributed by atoms with E-state index in [0.717, 1.165) is 23.9 Å². The number of aliphatic imine (C=N–C) groups is 1. The lowest BCUT2D eigenvalue weighted by Gasteiger charge is -2.06. The van der Waals surface area contributed by atoms with E-state index in [1.165, 1.54) is 5.56 Å². The molecule has 0 bridgehead atoms. The van der Waals surface area contributed by atoms with Crippen molar-refractivity contribution in [1.29, 1.82) is 0 Å². The lowest BCUT2D eigenvalue weighted by Crippen LogP contribution is -2.13. The average Bonchev–Trinajstić information content (AvgIpc) is 2.70. The van der Waals surface area contributed by atoms with Crippen molar-refractivity contribution < 1.29 is 4.74 Å². The molecule has 0 aromatic heterocycles. The minimum atomic E-state index is 0.322. The summed E-state index contributed by atoms with van der Waals surface area (Å²) < 4.78 is 5.58. The number of halogens is 1. The topological polar surface area (TPSA) is 21.6 Å². The molecule has 1 aliphatic heterocycles. The summed E-state index contributed by atoms with van der Waals surface area (Å²) in [5.74, 6) is 1.39. The van der Waals surface area contributed by atoms with Gasteiger partial charge in [-0.2, -0.15) is 0 Å². The molecule has 86 valence electrons. The minimum absolute atomic E-state index is 0.322. The molecular weight excluding hydrogens is 222 g/mol. The Morgan fingerprint density at radius 2 is 2.06 bits per heavy atom. The summed E-state index contributed by atoms with van der Waals surface area (Å²) >= 11 is 5.83. The van der Waals surface area contributed by atoms with E-state index in [2.05, 4.69) is 18.8 Å². The maximum absolute atomic E-state index is 5.83. The first-order valence-corrected chi connectivity index (χ1v) is 5.97. The minimum Gasteiger partial charge on any atom is -0.478 e.